The number of hydrogen-bond acceptors (Lipinski definition) is 1. The quantitative estimate of drug-likeness (QED) is 0.712. The van der Waals surface area contributed by atoms with Gasteiger partial charge in [0.15, 0.2) is 5.43 Å². The zero-order valence-electron chi connectivity index (χ0n) is 12.7. The molecule has 0 radical (unpaired) electrons. The van der Waals surface area contributed by atoms with Gasteiger partial charge in [-0.2, -0.15) is 0 Å². The fraction of sp³-hybridized carbons (Fsp3) is 0.450. The first-order valence-electron chi connectivity index (χ1n) is 8.39. The average molecular weight is 280 g/mol. The van der Waals surface area contributed by atoms with Gasteiger partial charge in [0.1, 0.15) is 0 Å². The molecule has 0 N–H and O–H groups in total. The lowest BCUT2D eigenvalue weighted by molar-refractivity contribution is 0.598. The van der Waals surface area contributed by atoms with E-state index in [1.54, 1.807) is 0 Å². The highest BCUT2D eigenvalue weighted by molar-refractivity contribution is 5.57. The lowest BCUT2D eigenvalue weighted by Gasteiger charge is -2.02. The van der Waals surface area contributed by atoms with Crippen LogP contribution in [-0.2, 0) is 6.42 Å². The maximum atomic E-state index is 12.8. The van der Waals surface area contributed by atoms with Gasteiger partial charge in [0.25, 0.3) is 0 Å². The van der Waals surface area contributed by atoms with Crippen molar-refractivity contribution >= 4 is 18.2 Å². The van der Waals surface area contributed by atoms with Crippen LogP contribution < -0.4 is 15.9 Å². The summed E-state index contributed by atoms with van der Waals surface area (Å²) in [5.74, 6) is 0. The fourth-order valence-electron chi connectivity index (χ4n) is 3.31. The van der Waals surface area contributed by atoms with Crippen molar-refractivity contribution in [3.05, 3.63) is 50.0 Å². The Balaban J connectivity index is 2.17. The Labute approximate surface area is 126 Å². The summed E-state index contributed by atoms with van der Waals surface area (Å²) in [6.45, 7) is 0. The van der Waals surface area contributed by atoms with Crippen LogP contribution in [0.1, 0.15) is 62.5 Å². The van der Waals surface area contributed by atoms with Crippen LogP contribution in [0, 0.1) is 0 Å². The summed E-state index contributed by atoms with van der Waals surface area (Å²) >= 11 is 0. The van der Waals surface area contributed by atoms with Gasteiger partial charge in [-0.15, -0.1) is 0 Å². The van der Waals surface area contributed by atoms with Gasteiger partial charge in [-0.25, -0.2) is 0 Å². The van der Waals surface area contributed by atoms with Gasteiger partial charge < -0.3 is 0 Å². The Morgan fingerprint density at radius 1 is 0.810 bits per heavy atom. The molecule has 1 nitrogen and oxygen atoms in total. The molecular weight excluding hydrogens is 256 g/mol. The fourth-order valence-corrected chi connectivity index (χ4v) is 3.31. The minimum absolute atomic E-state index is 0.256. The highest BCUT2D eigenvalue weighted by atomic mass is 16.1. The predicted octanol–water partition coefficient (Wildman–Crippen LogP) is 3.31. The van der Waals surface area contributed by atoms with Gasteiger partial charge in [-0.3, -0.25) is 4.79 Å². The van der Waals surface area contributed by atoms with Crippen molar-refractivity contribution in [3.8, 4) is 0 Å². The highest BCUT2D eigenvalue weighted by Gasteiger charge is 2.05. The van der Waals surface area contributed by atoms with E-state index < -0.39 is 0 Å². The Hall–Kier alpha value is -1.63. The second-order valence-electron chi connectivity index (χ2n) is 6.22. The van der Waals surface area contributed by atoms with Crippen LogP contribution in [0.5, 0.6) is 0 Å². The van der Waals surface area contributed by atoms with Gasteiger partial charge in [0.05, 0.1) is 0 Å². The minimum Gasteiger partial charge on any atom is -0.289 e. The molecule has 0 fully saturated rings. The largest absolute Gasteiger partial charge is 0.289 e. The molecule has 110 valence electrons. The molecule has 1 aromatic rings. The number of fused-ring (bicyclic) bond motifs is 3. The first-order chi connectivity index (χ1) is 10.3. The molecule has 0 heterocycles. The second kappa shape index (κ2) is 6.89. The van der Waals surface area contributed by atoms with E-state index >= 15 is 0 Å². The van der Waals surface area contributed by atoms with Gasteiger partial charge in [0, 0.05) is 10.8 Å². The average Bonchev–Trinajstić information content (AvgIpc) is 2.63. The molecule has 2 aliphatic carbocycles. The highest BCUT2D eigenvalue weighted by Crippen LogP contribution is 2.10. The molecule has 0 spiro atoms. The van der Waals surface area contributed by atoms with E-state index in [4.69, 9.17) is 0 Å². The predicted molar refractivity (Wildman–Crippen MR) is 90.6 cm³/mol. The molecule has 21 heavy (non-hydrogen) atoms. The van der Waals surface area contributed by atoms with Crippen molar-refractivity contribution in [2.75, 3.05) is 0 Å². The van der Waals surface area contributed by atoms with Crippen molar-refractivity contribution in [3.63, 3.8) is 0 Å². The summed E-state index contributed by atoms with van der Waals surface area (Å²) in [5.41, 5.74) is 2.46. The molecule has 3 rings (SSSR count). The number of hydrogen-bond donors (Lipinski definition) is 0. The summed E-state index contributed by atoms with van der Waals surface area (Å²) in [6.07, 6.45) is 19.2. The zero-order chi connectivity index (χ0) is 14.5. The normalized spacial score (nSPS) is 20.1. The zero-order valence-corrected chi connectivity index (χ0v) is 12.7. The first kappa shape index (κ1) is 14.3. The molecule has 0 unspecified atom stereocenters. The lowest BCUT2D eigenvalue weighted by atomic mass is 10.0. The Morgan fingerprint density at radius 3 is 2.52 bits per heavy atom. The van der Waals surface area contributed by atoms with Crippen molar-refractivity contribution < 1.29 is 0 Å². The van der Waals surface area contributed by atoms with Crippen LogP contribution in [0.25, 0.3) is 18.2 Å². The summed E-state index contributed by atoms with van der Waals surface area (Å²) in [5, 5.41) is 2.14. The van der Waals surface area contributed by atoms with Crippen molar-refractivity contribution in [1.82, 2.24) is 0 Å². The van der Waals surface area contributed by atoms with Crippen LogP contribution in [0.2, 0.25) is 0 Å². The van der Waals surface area contributed by atoms with Crippen LogP contribution in [0.4, 0.5) is 0 Å². The number of rotatable bonds is 0. The third kappa shape index (κ3) is 3.53. The number of allylic oxidation sites excluding steroid dienone is 1. The molecule has 2 aliphatic rings. The Kier molecular flexibility index (Phi) is 4.69. The van der Waals surface area contributed by atoms with Crippen LogP contribution in [-0.4, -0.2) is 0 Å². The molecule has 1 aromatic carbocycles. The van der Waals surface area contributed by atoms with E-state index in [1.807, 2.05) is 0 Å². The van der Waals surface area contributed by atoms with Gasteiger partial charge in [-0.1, -0.05) is 50.0 Å². The minimum atomic E-state index is 0.256. The molecule has 0 saturated carbocycles. The third-order valence-corrected chi connectivity index (χ3v) is 4.56. The van der Waals surface area contributed by atoms with Gasteiger partial charge in [0.2, 0.25) is 0 Å². The van der Waals surface area contributed by atoms with Gasteiger partial charge in [-0.05, 0) is 55.0 Å². The lowest BCUT2D eigenvalue weighted by Crippen LogP contribution is -2.25. The van der Waals surface area contributed by atoms with E-state index in [2.05, 4.69) is 36.4 Å². The van der Waals surface area contributed by atoms with E-state index in [1.165, 1.54) is 42.9 Å². The Morgan fingerprint density at radius 2 is 1.62 bits per heavy atom. The van der Waals surface area contributed by atoms with E-state index in [9.17, 15) is 4.79 Å². The van der Waals surface area contributed by atoms with Gasteiger partial charge >= 0.3 is 0 Å². The summed E-state index contributed by atoms with van der Waals surface area (Å²) < 4.78 is 0. The van der Waals surface area contributed by atoms with Crippen molar-refractivity contribution in [2.45, 2.75) is 57.8 Å². The van der Waals surface area contributed by atoms with Crippen molar-refractivity contribution in [2.24, 2.45) is 0 Å². The monoisotopic (exact) mass is 280 g/mol. The molecule has 0 aromatic heterocycles. The van der Waals surface area contributed by atoms with Crippen molar-refractivity contribution in [1.29, 1.82) is 0 Å². The maximum absolute atomic E-state index is 12.8. The third-order valence-electron chi connectivity index (χ3n) is 4.56. The first-order valence-corrected chi connectivity index (χ1v) is 8.39. The molecule has 0 amide bonds. The van der Waals surface area contributed by atoms with E-state index in [-0.39, 0.29) is 5.43 Å². The summed E-state index contributed by atoms with van der Waals surface area (Å²) in [4.78, 5) is 12.8. The second-order valence-corrected chi connectivity index (χ2v) is 6.22. The molecule has 2 bridgehead atoms. The molecule has 0 aliphatic heterocycles. The molecule has 1 heteroatoms. The van der Waals surface area contributed by atoms with Crippen LogP contribution in [0.15, 0.2) is 23.0 Å². The topological polar surface area (TPSA) is 17.1 Å². The smallest absolute Gasteiger partial charge is 0.188 e. The SMILES string of the molecule is O=c1c2cc3c(c/c1=C/CCCCCCCC2)C=CCC=3. The standard InChI is InChI=1S/C20H24O/c21-20-18-12-6-4-2-1-3-5-7-13-19(20)15-17-11-9-8-10-16(17)14-18/h8,10-12,14-15H,1-7,9,13H2/b18-12-. The van der Waals surface area contributed by atoms with Crippen LogP contribution >= 0.6 is 0 Å². The van der Waals surface area contributed by atoms with Crippen LogP contribution in [0.3, 0.4) is 0 Å². The molecule has 0 atom stereocenters. The van der Waals surface area contributed by atoms with E-state index in [0.717, 1.165) is 36.5 Å². The van der Waals surface area contributed by atoms with E-state index in [0.29, 0.717) is 0 Å². The summed E-state index contributed by atoms with van der Waals surface area (Å²) in [6, 6.07) is 4.24. The molecular formula is C20H24O. The maximum Gasteiger partial charge on any atom is 0.188 e. The summed E-state index contributed by atoms with van der Waals surface area (Å²) in [7, 11) is 0. The Bertz CT molecular complexity index is 710. The number of aryl methyl sites for hydroxylation is 1. The molecule has 0 saturated heterocycles.